The quantitative estimate of drug-likeness (QED) is 0.315. The summed E-state index contributed by atoms with van der Waals surface area (Å²) < 4.78 is 11.4. The summed E-state index contributed by atoms with van der Waals surface area (Å²) in [6.45, 7) is 8.27. The Labute approximate surface area is 194 Å². The summed E-state index contributed by atoms with van der Waals surface area (Å²) in [7, 11) is 1.62. The molecule has 1 amide bonds. The van der Waals surface area contributed by atoms with Crippen LogP contribution in [0.3, 0.4) is 0 Å². The van der Waals surface area contributed by atoms with Crippen molar-refractivity contribution in [3.63, 3.8) is 0 Å². The first kappa shape index (κ1) is 22.4. The van der Waals surface area contributed by atoms with Crippen LogP contribution in [0.5, 0.6) is 5.75 Å². The van der Waals surface area contributed by atoms with Gasteiger partial charge in [0.15, 0.2) is 0 Å². The number of hydrogen-bond donors (Lipinski definition) is 1. The number of nitrogens with one attached hydrogen (secondary N) is 1. The molecular weight excluding hydrogens is 410 g/mol. The first-order valence-corrected chi connectivity index (χ1v) is 11.1. The number of carbonyl (C=O) groups is 1. The highest BCUT2D eigenvalue weighted by Gasteiger charge is 2.15. The maximum atomic E-state index is 12.7. The number of benzene rings is 3. The molecule has 0 aliphatic rings. The van der Waals surface area contributed by atoms with Crippen LogP contribution in [0, 0.1) is 6.92 Å². The topological polar surface area (TPSA) is 51.5 Å². The Morgan fingerprint density at radius 3 is 2.36 bits per heavy atom. The Morgan fingerprint density at radius 2 is 1.73 bits per heavy atom. The molecule has 4 heteroatoms. The third-order valence-corrected chi connectivity index (χ3v) is 5.88. The summed E-state index contributed by atoms with van der Waals surface area (Å²) in [6.07, 6.45) is 3.37. The minimum absolute atomic E-state index is 0.183. The van der Waals surface area contributed by atoms with Gasteiger partial charge in [-0.05, 0) is 54.7 Å². The van der Waals surface area contributed by atoms with E-state index in [0.717, 1.165) is 38.9 Å². The average Bonchev–Trinajstić information content (AvgIpc) is 3.21. The van der Waals surface area contributed by atoms with Gasteiger partial charge in [0.2, 0.25) is 5.91 Å². The van der Waals surface area contributed by atoms with E-state index in [-0.39, 0.29) is 5.91 Å². The molecule has 1 heterocycles. The third-order valence-electron chi connectivity index (χ3n) is 5.88. The van der Waals surface area contributed by atoms with Crippen LogP contribution in [0.25, 0.3) is 27.7 Å². The number of amides is 1. The fraction of sp³-hybridized carbons (Fsp3) is 0.207. The number of anilines is 1. The molecule has 0 fully saturated rings. The van der Waals surface area contributed by atoms with E-state index in [1.807, 2.05) is 43.3 Å². The van der Waals surface area contributed by atoms with Crippen LogP contribution < -0.4 is 10.1 Å². The van der Waals surface area contributed by atoms with Crippen molar-refractivity contribution in [2.45, 2.75) is 33.6 Å². The van der Waals surface area contributed by atoms with Crippen LogP contribution >= 0.6 is 0 Å². The fourth-order valence-electron chi connectivity index (χ4n) is 3.89. The minimum atomic E-state index is -0.183. The van der Waals surface area contributed by atoms with E-state index in [9.17, 15) is 4.79 Å². The lowest BCUT2D eigenvalue weighted by atomic mass is 9.99. The molecule has 0 spiro atoms. The molecule has 168 valence electrons. The first-order valence-electron chi connectivity index (χ1n) is 11.1. The summed E-state index contributed by atoms with van der Waals surface area (Å²) in [5.41, 5.74) is 7.71. The lowest BCUT2D eigenvalue weighted by molar-refractivity contribution is -0.111. The standard InChI is InChI=1S/C29H29NO3/c1-18(2)21-10-12-23(13-11-21)30-29(31)14-20(4)24-15-25-26(22-8-6-19(3)7-9-22)17-33-28(25)16-27(24)32-5/h6-18H,1-5H3,(H,30,31)/b20-14+. The highest BCUT2D eigenvalue weighted by molar-refractivity contribution is 6.05. The molecule has 4 aromatic rings. The van der Waals surface area contributed by atoms with Crippen LogP contribution in [0.1, 0.15) is 43.4 Å². The number of rotatable bonds is 6. The van der Waals surface area contributed by atoms with E-state index in [1.54, 1.807) is 19.4 Å². The fourth-order valence-corrected chi connectivity index (χ4v) is 3.89. The molecule has 1 aromatic heterocycles. The van der Waals surface area contributed by atoms with E-state index >= 15 is 0 Å². The molecule has 0 radical (unpaired) electrons. The van der Waals surface area contributed by atoms with Crippen molar-refractivity contribution in [2.75, 3.05) is 12.4 Å². The number of allylic oxidation sites excluding steroid dienone is 1. The largest absolute Gasteiger partial charge is 0.496 e. The monoisotopic (exact) mass is 439 g/mol. The summed E-state index contributed by atoms with van der Waals surface area (Å²) in [6, 6.07) is 20.2. The lowest BCUT2D eigenvalue weighted by Crippen LogP contribution is -2.08. The van der Waals surface area contributed by atoms with Crippen molar-refractivity contribution >= 4 is 28.1 Å². The predicted octanol–water partition coefficient (Wildman–Crippen LogP) is 7.58. The van der Waals surface area contributed by atoms with E-state index in [1.165, 1.54) is 11.1 Å². The summed E-state index contributed by atoms with van der Waals surface area (Å²) >= 11 is 0. The Hall–Kier alpha value is -3.79. The second-order valence-electron chi connectivity index (χ2n) is 8.66. The molecule has 0 bridgehead atoms. The van der Waals surface area contributed by atoms with Crippen LogP contribution in [0.4, 0.5) is 5.69 Å². The molecule has 0 saturated carbocycles. The third kappa shape index (κ3) is 4.85. The van der Waals surface area contributed by atoms with Gasteiger partial charge in [-0.15, -0.1) is 0 Å². The smallest absolute Gasteiger partial charge is 0.248 e. The van der Waals surface area contributed by atoms with Gasteiger partial charge in [-0.1, -0.05) is 55.8 Å². The van der Waals surface area contributed by atoms with Crippen LogP contribution in [-0.4, -0.2) is 13.0 Å². The SMILES string of the molecule is COc1cc2occ(-c3ccc(C)cc3)c2cc1/C(C)=C/C(=O)Nc1ccc(C(C)C)cc1. The van der Waals surface area contributed by atoms with E-state index in [2.05, 4.69) is 50.4 Å². The summed E-state index contributed by atoms with van der Waals surface area (Å²) in [5, 5.41) is 3.93. The van der Waals surface area contributed by atoms with Gasteiger partial charge in [-0.25, -0.2) is 0 Å². The summed E-state index contributed by atoms with van der Waals surface area (Å²) in [5.74, 6) is 0.931. The van der Waals surface area contributed by atoms with Gasteiger partial charge >= 0.3 is 0 Å². The number of methoxy groups -OCH3 is 1. The average molecular weight is 440 g/mol. The number of aryl methyl sites for hydroxylation is 1. The number of hydrogen-bond acceptors (Lipinski definition) is 3. The Balaban J connectivity index is 1.65. The normalized spacial score (nSPS) is 11.8. The van der Waals surface area contributed by atoms with E-state index < -0.39 is 0 Å². The van der Waals surface area contributed by atoms with Gasteiger partial charge in [0.25, 0.3) is 0 Å². The van der Waals surface area contributed by atoms with Crippen molar-refractivity contribution in [1.82, 2.24) is 0 Å². The summed E-state index contributed by atoms with van der Waals surface area (Å²) in [4.78, 5) is 12.7. The first-order chi connectivity index (χ1) is 15.9. The van der Waals surface area contributed by atoms with Crippen LogP contribution in [0.2, 0.25) is 0 Å². The molecular formula is C29H29NO3. The Bertz CT molecular complexity index is 1310. The second kappa shape index (κ2) is 9.37. The molecule has 0 saturated heterocycles. The van der Waals surface area contributed by atoms with E-state index in [4.69, 9.17) is 9.15 Å². The molecule has 3 aromatic carbocycles. The number of furan rings is 1. The van der Waals surface area contributed by atoms with Crippen LogP contribution in [-0.2, 0) is 4.79 Å². The van der Waals surface area contributed by atoms with Gasteiger partial charge in [-0.2, -0.15) is 0 Å². The zero-order valence-electron chi connectivity index (χ0n) is 19.7. The van der Waals surface area contributed by atoms with Crippen molar-refractivity contribution in [2.24, 2.45) is 0 Å². The van der Waals surface area contributed by atoms with Gasteiger partial charge in [0, 0.05) is 34.3 Å². The molecule has 0 aliphatic carbocycles. The van der Waals surface area contributed by atoms with Gasteiger partial charge in [0.05, 0.1) is 13.4 Å². The maximum absolute atomic E-state index is 12.7. The molecule has 0 unspecified atom stereocenters. The molecule has 0 aliphatic heterocycles. The number of fused-ring (bicyclic) bond motifs is 1. The van der Waals surface area contributed by atoms with Crippen molar-refractivity contribution in [1.29, 1.82) is 0 Å². The van der Waals surface area contributed by atoms with E-state index in [0.29, 0.717) is 11.7 Å². The second-order valence-corrected chi connectivity index (χ2v) is 8.66. The Morgan fingerprint density at radius 1 is 1.03 bits per heavy atom. The van der Waals surface area contributed by atoms with Crippen molar-refractivity contribution in [3.05, 3.63) is 89.7 Å². The number of ether oxygens (including phenoxy) is 1. The predicted molar refractivity (Wildman–Crippen MR) is 136 cm³/mol. The van der Waals surface area contributed by atoms with Crippen molar-refractivity contribution < 1.29 is 13.9 Å². The maximum Gasteiger partial charge on any atom is 0.248 e. The van der Waals surface area contributed by atoms with Crippen molar-refractivity contribution in [3.8, 4) is 16.9 Å². The Kier molecular flexibility index (Phi) is 6.36. The highest BCUT2D eigenvalue weighted by Crippen LogP contribution is 2.37. The van der Waals surface area contributed by atoms with Gasteiger partial charge in [-0.3, -0.25) is 4.79 Å². The molecule has 1 N–H and O–H groups in total. The molecule has 4 nitrogen and oxygen atoms in total. The molecule has 33 heavy (non-hydrogen) atoms. The molecule has 4 rings (SSSR count). The minimum Gasteiger partial charge on any atom is -0.496 e. The zero-order chi connectivity index (χ0) is 23.5. The van der Waals surface area contributed by atoms with Crippen LogP contribution in [0.15, 0.2) is 77.4 Å². The lowest BCUT2D eigenvalue weighted by Gasteiger charge is -2.11. The van der Waals surface area contributed by atoms with Gasteiger partial charge in [0.1, 0.15) is 11.3 Å². The zero-order valence-corrected chi connectivity index (χ0v) is 19.7. The molecule has 0 atom stereocenters. The number of carbonyl (C=O) groups excluding carboxylic acids is 1. The highest BCUT2D eigenvalue weighted by atomic mass is 16.5. The van der Waals surface area contributed by atoms with Gasteiger partial charge < -0.3 is 14.5 Å².